The molecule has 0 aromatic rings. The first kappa shape index (κ1) is 46.0. The molecule has 0 aliphatic carbocycles. The molecule has 25 unspecified atom stereocenters. The van der Waals surface area contributed by atoms with Gasteiger partial charge in [0.15, 0.2) is 31.5 Å². The van der Waals surface area contributed by atoms with Gasteiger partial charge >= 0.3 is 0 Å². The third-order valence-electron chi connectivity index (χ3n) is 10.6. The van der Waals surface area contributed by atoms with E-state index in [9.17, 15) is 61.3 Å². The molecule has 0 saturated carbocycles. The molecule has 0 spiro atoms. The number of ether oxygens (including phenoxy) is 9. The van der Waals surface area contributed by atoms with Crippen molar-refractivity contribution in [3.8, 4) is 0 Å². The highest BCUT2D eigenvalue weighted by Gasteiger charge is 2.50. The lowest BCUT2D eigenvalue weighted by molar-refractivity contribution is -0.321. The Morgan fingerprint density at radius 3 is 0.839 bits per heavy atom. The van der Waals surface area contributed by atoms with Crippen molar-refractivity contribution in [3.05, 3.63) is 0 Å². The Kier molecular flexibility index (Phi) is 16.1. The Hall–Kier alpha value is -1.04. The van der Waals surface area contributed by atoms with E-state index in [1.807, 2.05) is 0 Å². The molecule has 56 heavy (non-hydrogen) atoms. The van der Waals surface area contributed by atoms with Crippen molar-refractivity contribution in [1.82, 2.24) is 0 Å². The van der Waals surface area contributed by atoms with Crippen LogP contribution in [-0.2, 0) is 42.6 Å². The SMILES string of the molecule is NC1C(O)OC(COC2OC(COC3OC(COC4OC(COC5OC(CO)C(O)C(O)C5N)C(O)C(O)C4N)C(O)C(O)C3N)C(O)C(O)C2N)C(O)C1O. The van der Waals surface area contributed by atoms with Gasteiger partial charge in [0.05, 0.1) is 63.2 Å². The molecule has 26 nitrogen and oxygen atoms in total. The van der Waals surface area contributed by atoms with E-state index in [2.05, 4.69) is 0 Å². The molecule has 0 aromatic carbocycles. The molecule has 0 bridgehead atoms. The smallest absolute Gasteiger partial charge is 0.175 e. The van der Waals surface area contributed by atoms with Gasteiger partial charge in [-0.2, -0.15) is 0 Å². The summed E-state index contributed by atoms with van der Waals surface area (Å²) in [6.45, 7) is -2.79. The summed E-state index contributed by atoms with van der Waals surface area (Å²) in [6.07, 6.45) is -30.0. The van der Waals surface area contributed by atoms with Crippen molar-refractivity contribution in [3.63, 3.8) is 0 Å². The zero-order valence-electron chi connectivity index (χ0n) is 29.9. The second-order valence-corrected chi connectivity index (χ2v) is 14.5. The molecule has 5 fully saturated rings. The quantitative estimate of drug-likeness (QED) is 0.0820. The summed E-state index contributed by atoms with van der Waals surface area (Å²) in [6, 6.07) is -6.61. The van der Waals surface area contributed by atoms with Gasteiger partial charge < -0.3 is 133 Å². The molecule has 5 heterocycles. The molecule has 0 aromatic heterocycles. The second-order valence-electron chi connectivity index (χ2n) is 14.5. The lowest BCUT2D eigenvalue weighted by atomic mass is 9.96. The maximum atomic E-state index is 10.7. The van der Waals surface area contributed by atoms with Crippen LogP contribution in [0.5, 0.6) is 0 Å². The van der Waals surface area contributed by atoms with Crippen molar-refractivity contribution < 1.29 is 104 Å². The van der Waals surface area contributed by atoms with E-state index >= 15 is 0 Å². The number of nitrogens with two attached hydrogens (primary N) is 5. The van der Waals surface area contributed by atoms with E-state index in [0.717, 1.165) is 0 Å². The summed E-state index contributed by atoms with van der Waals surface area (Å²) in [7, 11) is 0. The van der Waals surface area contributed by atoms with Gasteiger partial charge in [-0.1, -0.05) is 0 Å². The van der Waals surface area contributed by atoms with Gasteiger partial charge in [-0.15, -0.1) is 0 Å². The Morgan fingerprint density at radius 2 is 0.554 bits per heavy atom. The van der Waals surface area contributed by atoms with Crippen molar-refractivity contribution in [1.29, 1.82) is 0 Å². The van der Waals surface area contributed by atoms with Crippen LogP contribution in [0.2, 0.25) is 0 Å². The Labute approximate surface area is 319 Å². The highest BCUT2D eigenvalue weighted by Crippen LogP contribution is 2.29. The van der Waals surface area contributed by atoms with Crippen LogP contribution < -0.4 is 28.7 Å². The first-order valence-corrected chi connectivity index (χ1v) is 18.0. The number of hydrogen-bond acceptors (Lipinski definition) is 26. The summed E-state index contributed by atoms with van der Waals surface area (Å²) in [5.74, 6) is 0. The maximum absolute atomic E-state index is 10.7. The molecule has 0 amide bonds. The van der Waals surface area contributed by atoms with Crippen LogP contribution in [0.1, 0.15) is 0 Å². The molecule has 5 aliphatic heterocycles. The van der Waals surface area contributed by atoms with Crippen LogP contribution in [0, 0.1) is 0 Å². The van der Waals surface area contributed by atoms with E-state index in [4.69, 9.17) is 71.3 Å². The first-order chi connectivity index (χ1) is 26.4. The summed E-state index contributed by atoms with van der Waals surface area (Å²) in [5.41, 5.74) is 29.6. The van der Waals surface area contributed by atoms with Crippen molar-refractivity contribution in [2.24, 2.45) is 28.7 Å². The van der Waals surface area contributed by atoms with Crippen molar-refractivity contribution in [2.45, 2.75) is 153 Å². The van der Waals surface area contributed by atoms with Gasteiger partial charge in [-0.3, -0.25) is 0 Å². The first-order valence-electron chi connectivity index (χ1n) is 18.0. The van der Waals surface area contributed by atoms with E-state index in [0.29, 0.717) is 0 Å². The monoisotopic (exact) mass is 823 g/mol. The minimum Gasteiger partial charge on any atom is -0.394 e. The molecular weight excluding hydrogens is 766 g/mol. The fourth-order valence-electron chi connectivity index (χ4n) is 6.84. The van der Waals surface area contributed by atoms with Crippen molar-refractivity contribution >= 4 is 0 Å². The molecule has 0 radical (unpaired) electrons. The Morgan fingerprint density at radius 1 is 0.321 bits per heavy atom. The molecule has 25 atom stereocenters. The minimum atomic E-state index is -1.67. The molecule has 5 rings (SSSR count). The Bertz CT molecular complexity index is 1220. The zero-order valence-corrected chi connectivity index (χ0v) is 29.9. The van der Waals surface area contributed by atoms with E-state index in [1.54, 1.807) is 0 Å². The Balaban J connectivity index is 1.15. The van der Waals surface area contributed by atoms with Crippen LogP contribution >= 0.6 is 0 Å². The summed E-state index contributed by atoms with van der Waals surface area (Å²) in [5, 5.41) is 124. The highest BCUT2D eigenvalue weighted by molar-refractivity contribution is 4.97. The zero-order chi connectivity index (χ0) is 41.3. The van der Waals surface area contributed by atoms with Gasteiger partial charge in [0.25, 0.3) is 0 Å². The fourth-order valence-corrected chi connectivity index (χ4v) is 6.84. The predicted molar refractivity (Wildman–Crippen MR) is 176 cm³/mol. The average Bonchev–Trinajstić information content (AvgIpc) is 3.18. The van der Waals surface area contributed by atoms with Gasteiger partial charge in [-0.05, 0) is 0 Å². The summed E-state index contributed by atoms with van der Waals surface area (Å²) in [4.78, 5) is 0. The van der Waals surface area contributed by atoms with Crippen molar-refractivity contribution in [2.75, 3.05) is 33.0 Å². The molecule has 5 saturated heterocycles. The van der Waals surface area contributed by atoms with Crippen LogP contribution in [0.4, 0.5) is 0 Å². The topological polar surface area (TPSA) is 456 Å². The predicted octanol–water partition coefficient (Wildman–Crippen LogP) is -12.1. The largest absolute Gasteiger partial charge is 0.394 e. The van der Waals surface area contributed by atoms with Gasteiger partial charge in [0.2, 0.25) is 0 Å². The third kappa shape index (κ3) is 9.77. The normalized spacial score (nSPS) is 53.2. The second kappa shape index (κ2) is 19.6. The molecule has 328 valence electrons. The minimum absolute atomic E-state index is 0.499. The number of hydrogen-bond donors (Lipinski definition) is 17. The van der Waals surface area contributed by atoms with E-state index < -0.39 is 186 Å². The van der Waals surface area contributed by atoms with E-state index in [1.165, 1.54) is 0 Å². The van der Waals surface area contributed by atoms with Crippen LogP contribution in [0.3, 0.4) is 0 Å². The molecule has 26 heteroatoms. The van der Waals surface area contributed by atoms with E-state index in [-0.39, 0.29) is 0 Å². The average molecular weight is 824 g/mol. The molecular formula is C30H57N5O21. The van der Waals surface area contributed by atoms with Crippen LogP contribution in [0.25, 0.3) is 0 Å². The highest BCUT2D eigenvalue weighted by atomic mass is 16.7. The lowest BCUT2D eigenvalue weighted by Crippen LogP contribution is -2.66. The lowest BCUT2D eigenvalue weighted by Gasteiger charge is -2.45. The number of rotatable bonds is 13. The van der Waals surface area contributed by atoms with Gasteiger partial charge in [0.1, 0.15) is 91.6 Å². The maximum Gasteiger partial charge on any atom is 0.175 e. The van der Waals surface area contributed by atoms with Gasteiger partial charge in [-0.25, -0.2) is 0 Å². The molecule has 22 N–H and O–H groups in total. The summed E-state index contributed by atoms with van der Waals surface area (Å²) >= 11 is 0. The number of aliphatic hydroxyl groups excluding tert-OH is 12. The standard InChI is InChI=1S/C30H57N5O21/c31-11-21(42)17(38)7(52-26(11)47)2-48-28-13(33)23(44)19(40)9(54-28)4-50-30-15(35)25(46)20(41)10(56-30)5-51-29-14(34)24(45)18(39)8(55-29)3-49-27-12(32)22(43)16(37)6(1-36)53-27/h6-30,36-47H,1-5,31-35H2. The van der Waals surface area contributed by atoms with Crippen LogP contribution in [-0.4, -0.2) is 248 Å². The molecule has 5 aliphatic rings. The summed E-state index contributed by atoms with van der Waals surface area (Å²) < 4.78 is 50.3. The fraction of sp³-hybridized carbons (Fsp3) is 1.00. The van der Waals surface area contributed by atoms with Crippen LogP contribution in [0.15, 0.2) is 0 Å². The third-order valence-corrected chi connectivity index (χ3v) is 10.6. The van der Waals surface area contributed by atoms with Gasteiger partial charge in [0, 0.05) is 0 Å². The number of aliphatic hydroxyl groups is 12.